The SMILES string of the molecule is CC(C)C[C@@H](C(=O)NC(CC(=O)O)c1ccccc1F)N1C(=O)N(Cc2ccc(/C=C/c3ccccc3)cc2)C(C)(C)C1=O. The predicted molar refractivity (Wildman–Crippen MR) is 166 cm³/mol. The summed E-state index contributed by atoms with van der Waals surface area (Å²) in [4.78, 5) is 55.3. The summed E-state index contributed by atoms with van der Waals surface area (Å²) in [6.45, 7) is 7.13. The van der Waals surface area contributed by atoms with Crippen LogP contribution in [-0.2, 0) is 20.9 Å². The maximum Gasteiger partial charge on any atom is 0.328 e. The van der Waals surface area contributed by atoms with Gasteiger partial charge in [-0.15, -0.1) is 0 Å². The van der Waals surface area contributed by atoms with Gasteiger partial charge < -0.3 is 15.3 Å². The molecule has 0 saturated carbocycles. The van der Waals surface area contributed by atoms with Crippen molar-refractivity contribution in [3.05, 3.63) is 107 Å². The number of nitrogens with one attached hydrogen (secondary N) is 1. The molecule has 3 aromatic rings. The van der Waals surface area contributed by atoms with Gasteiger partial charge in [-0.3, -0.25) is 14.4 Å². The van der Waals surface area contributed by atoms with Crippen LogP contribution in [0, 0.1) is 11.7 Å². The van der Waals surface area contributed by atoms with Gasteiger partial charge in [0.1, 0.15) is 17.4 Å². The molecule has 2 atom stereocenters. The highest BCUT2D eigenvalue weighted by Crippen LogP contribution is 2.33. The van der Waals surface area contributed by atoms with Crippen LogP contribution in [0.1, 0.15) is 68.8 Å². The van der Waals surface area contributed by atoms with E-state index in [-0.39, 0.29) is 24.4 Å². The molecule has 44 heavy (non-hydrogen) atoms. The molecule has 1 saturated heterocycles. The molecule has 1 unspecified atom stereocenters. The summed E-state index contributed by atoms with van der Waals surface area (Å²) < 4.78 is 14.6. The summed E-state index contributed by atoms with van der Waals surface area (Å²) in [6, 6.07) is 20.1. The van der Waals surface area contributed by atoms with E-state index in [0.29, 0.717) is 0 Å². The van der Waals surface area contributed by atoms with Crippen molar-refractivity contribution in [3.63, 3.8) is 0 Å². The molecule has 1 aliphatic rings. The van der Waals surface area contributed by atoms with E-state index in [9.17, 15) is 28.7 Å². The van der Waals surface area contributed by atoms with Crippen molar-refractivity contribution < 1.29 is 28.7 Å². The van der Waals surface area contributed by atoms with Crippen LogP contribution < -0.4 is 5.32 Å². The van der Waals surface area contributed by atoms with Crippen molar-refractivity contribution in [2.45, 2.75) is 64.7 Å². The number of carbonyl (C=O) groups excluding carboxylic acids is 3. The second kappa shape index (κ2) is 13.7. The molecule has 3 aromatic carbocycles. The number of hydrogen-bond donors (Lipinski definition) is 2. The number of halogens is 1. The lowest BCUT2D eigenvalue weighted by Gasteiger charge is -2.29. The van der Waals surface area contributed by atoms with Gasteiger partial charge in [-0.25, -0.2) is 14.1 Å². The fourth-order valence-electron chi connectivity index (χ4n) is 5.29. The zero-order valence-corrected chi connectivity index (χ0v) is 25.4. The topological polar surface area (TPSA) is 107 Å². The Morgan fingerprint density at radius 1 is 0.909 bits per heavy atom. The first-order chi connectivity index (χ1) is 20.9. The van der Waals surface area contributed by atoms with Crippen molar-refractivity contribution in [1.29, 1.82) is 0 Å². The number of rotatable bonds is 12. The van der Waals surface area contributed by atoms with Gasteiger partial charge in [-0.1, -0.05) is 98.8 Å². The summed E-state index contributed by atoms with van der Waals surface area (Å²) in [5.74, 6) is -3.25. The molecular weight excluding hydrogens is 561 g/mol. The molecule has 4 amide bonds. The third-order valence-electron chi connectivity index (χ3n) is 7.73. The Kier molecular flexibility index (Phi) is 9.98. The highest BCUT2D eigenvalue weighted by molar-refractivity contribution is 6.09. The number of hydrogen-bond acceptors (Lipinski definition) is 4. The van der Waals surface area contributed by atoms with Crippen LogP contribution in [0.15, 0.2) is 78.9 Å². The molecule has 230 valence electrons. The average Bonchev–Trinajstić information content (AvgIpc) is 3.14. The molecule has 0 radical (unpaired) electrons. The molecular formula is C35H38FN3O5. The Bertz CT molecular complexity index is 1540. The summed E-state index contributed by atoms with van der Waals surface area (Å²) in [7, 11) is 0. The monoisotopic (exact) mass is 599 g/mol. The Morgan fingerprint density at radius 2 is 1.50 bits per heavy atom. The molecule has 9 heteroatoms. The molecule has 0 spiro atoms. The van der Waals surface area contributed by atoms with Crippen molar-refractivity contribution in [2.75, 3.05) is 0 Å². The first-order valence-electron chi connectivity index (χ1n) is 14.6. The van der Waals surface area contributed by atoms with Gasteiger partial charge >= 0.3 is 12.0 Å². The number of carboxylic acid groups (broad SMARTS) is 1. The summed E-state index contributed by atoms with van der Waals surface area (Å²) in [5, 5.41) is 12.1. The second-order valence-corrected chi connectivity index (χ2v) is 11.9. The number of carboxylic acids is 1. The fourth-order valence-corrected chi connectivity index (χ4v) is 5.29. The molecule has 0 bridgehead atoms. The van der Waals surface area contributed by atoms with Crippen LogP contribution in [0.2, 0.25) is 0 Å². The van der Waals surface area contributed by atoms with Gasteiger partial charge in [0.15, 0.2) is 0 Å². The van der Waals surface area contributed by atoms with E-state index in [2.05, 4.69) is 5.32 Å². The van der Waals surface area contributed by atoms with Crippen molar-refractivity contribution >= 4 is 36.0 Å². The van der Waals surface area contributed by atoms with Crippen molar-refractivity contribution in [2.24, 2.45) is 5.92 Å². The van der Waals surface area contributed by atoms with E-state index in [0.717, 1.165) is 21.6 Å². The highest BCUT2D eigenvalue weighted by atomic mass is 19.1. The maximum absolute atomic E-state index is 14.6. The number of aliphatic carboxylic acids is 1. The van der Waals surface area contributed by atoms with Crippen LogP contribution >= 0.6 is 0 Å². The minimum Gasteiger partial charge on any atom is -0.481 e. The lowest BCUT2D eigenvalue weighted by atomic mass is 9.97. The lowest BCUT2D eigenvalue weighted by molar-refractivity contribution is -0.140. The van der Waals surface area contributed by atoms with Crippen molar-refractivity contribution in [3.8, 4) is 0 Å². The number of carbonyl (C=O) groups is 4. The van der Waals surface area contributed by atoms with Gasteiger partial charge in [-0.05, 0) is 48.9 Å². The summed E-state index contributed by atoms with van der Waals surface area (Å²) >= 11 is 0. The zero-order valence-electron chi connectivity index (χ0n) is 25.4. The number of benzene rings is 3. The van der Waals surface area contributed by atoms with Crippen molar-refractivity contribution in [1.82, 2.24) is 15.1 Å². The summed E-state index contributed by atoms with van der Waals surface area (Å²) in [5.41, 5.74) is 1.62. The van der Waals surface area contributed by atoms with Crippen LogP contribution in [-0.4, -0.2) is 50.3 Å². The lowest BCUT2D eigenvalue weighted by Crippen LogP contribution is -2.52. The van der Waals surface area contributed by atoms with Gasteiger partial charge in [0.05, 0.1) is 12.5 Å². The minimum atomic E-state index is -1.25. The Hall–Kier alpha value is -4.79. The minimum absolute atomic E-state index is 0.00892. The standard InChI is InChI=1S/C35H38FN3O5/c1-23(2)20-30(32(42)37-29(21-31(40)41)27-12-8-9-13-28(27)36)39-33(43)35(3,4)38(34(39)44)22-26-18-16-25(17-19-26)15-14-24-10-6-5-7-11-24/h5-19,23,29-30H,20-22H2,1-4H3,(H,37,42)(H,40,41)/b15-14+/t29?,30-/m0/s1. The Morgan fingerprint density at radius 3 is 2.09 bits per heavy atom. The van der Waals surface area contributed by atoms with Gasteiger partial charge in [-0.2, -0.15) is 0 Å². The predicted octanol–water partition coefficient (Wildman–Crippen LogP) is 6.29. The maximum atomic E-state index is 14.6. The number of imide groups is 1. The fraction of sp³-hybridized carbons (Fsp3) is 0.314. The largest absolute Gasteiger partial charge is 0.481 e. The molecule has 4 rings (SSSR count). The van der Waals surface area contributed by atoms with Crippen LogP contribution in [0.3, 0.4) is 0 Å². The highest BCUT2D eigenvalue weighted by Gasteiger charge is 2.54. The zero-order chi connectivity index (χ0) is 32.0. The quantitative estimate of drug-likeness (QED) is 0.188. The van der Waals surface area contributed by atoms with E-state index < -0.39 is 53.7 Å². The van der Waals surface area contributed by atoms with E-state index in [1.807, 2.05) is 80.6 Å². The van der Waals surface area contributed by atoms with Gasteiger partial charge in [0.25, 0.3) is 5.91 Å². The first-order valence-corrected chi connectivity index (χ1v) is 14.6. The molecule has 0 aliphatic carbocycles. The van der Waals surface area contributed by atoms with Crippen LogP contribution in [0.5, 0.6) is 0 Å². The molecule has 1 fully saturated rings. The van der Waals surface area contributed by atoms with Crippen LogP contribution in [0.25, 0.3) is 12.2 Å². The van der Waals surface area contributed by atoms with Gasteiger partial charge in [0.2, 0.25) is 5.91 Å². The van der Waals surface area contributed by atoms with E-state index in [1.165, 1.54) is 23.1 Å². The molecule has 1 heterocycles. The van der Waals surface area contributed by atoms with E-state index in [1.54, 1.807) is 19.9 Å². The normalized spacial score (nSPS) is 16.0. The summed E-state index contributed by atoms with van der Waals surface area (Å²) in [6.07, 6.45) is 3.57. The molecule has 8 nitrogen and oxygen atoms in total. The number of urea groups is 1. The molecule has 2 N–H and O–H groups in total. The van der Waals surface area contributed by atoms with E-state index >= 15 is 0 Å². The average molecular weight is 600 g/mol. The number of amides is 4. The first kappa shape index (κ1) is 32.1. The molecule has 1 aliphatic heterocycles. The smallest absolute Gasteiger partial charge is 0.328 e. The number of nitrogens with zero attached hydrogens (tertiary/aromatic N) is 2. The third kappa shape index (κ3) is 7.40. The third-order valence-corrected chi connectivity index (χ3v) is 7.73. The van der Waals surface area contributed by atoms with E-state index in [4.69, 9.17) is 0 Å². The van der Waals surface area contributed by atoms with Gasteiger partial charge in [0, 0.05) is 12.1 Å². The Balaban J connectivity index is 1.56. The van der Waals surface area contributed by atoms with Crippen LogP contribution in [0.4, 0.5) is 9.18 Å². The second-order valence-electron chi connectivity index (χ2n) is 11.9. The Labute approximate surface area is 257 Å². The molecule has 0 aromatic heterocycles.